The zero-order valence-electron chi connectivity index (χ0n) is 11.3. The van der Waals surface area contributed by atoms with Gasteiger partial charge in [0.1, 0.15) is 0 Å². The monoisotopic (exact) mass is 239 g/mol. The molecule has 0 aliphatic carbocycles. The fourth-order valence-electron chi connectivity index (χ4n) is 2.39. The minimum atomic E-state index is -0.0550. The first-order valence-electron chi connectivity index (χ1n) is 6.79. The quantitative estimate of drug-likeness (QED) is 0.740. The molecule has 1 amide bonds. The normalized spacial score (nSPS) is 20.3. The summed E-state index contributed by atoms with van der Waals surface area (Å²) in [4.78, 5) is 12.3. The van der Waals surface area contributed by atoms with Crippen molar-refractivity contribution in [3.63, 3.8) is 0 Å². The van der Waals surface area contributed by atoms with Gasteiger partial charge in [-0.2, -0.15) is 5.10 Å². The summed E-state index contributed by atoms with van der Waals surface area (Å²) in [5.41, 5.74) is 6.63. The topological polar surface area (TPSA) is 58.7 Å². The summed E-state index contributed by atoms with van der Waals surface area (Å²) in [7, 11) is 0. The van der Waals surface area contributed by atoms with Crippen LogP contribution in [0.1, 0.15) is 52.9 Å². The molecule has 0 bridgehead atoms. The van der Waals surface area contributed by atoms with Crippen molar-refractivity contribution in [3.05, 3.63) is 0 Å². The van der Waals surface area contributed by atoms with E-state index in [1.54, 1.807) is 5.01 Å². The van der Waals surface area contributed by atoms with E-state index >= 15 is 0 Å². The molecule has 1 heterocycles. The Balaban J connectivity index is 2.84. The van der Waals surface area contributed by atoms with Gasteiger partial charge in [0.05, 0.1) is 17.7 Å². The summed E-state index contributed by atoms with van der Waals surface area (Å²) in [6.45, 7) is 6.88. The van der Waals surface area contributed by atoms with Crippen LogP contribution in [0.4, 0.5) is 0 Å². The molecule has 0 aromatic carbocycles. The fraction of sp³-hybridized carbons (Fsp3) is 0.846. The van der Waals surface area contributed by atoms with Crippen LogP contribution in [0.5, 0.6) is 0 Å². The maximum Gasteiger partial charge on any atom is 0.251 e. The first kappa shape index (κ1) is 14.2. The van der Waals surface area contributed by atoms with E-state index in [-0.39, 0.29) is 17.9 Å². The van der Waals surface area contributed by atoms with E-state index in [0.717, 1.165) is 37.8 Å². The number of nitrogens with two attached hydrogens (primary N) is 1. The Hall–Kier alpha value is -0.900. The molecule has 0 spiro atoms. The van der Waals surface area contributed by atoms with Crippen LogP contribution in [0.3, 0.4) is 0 Å². The van der Waals surface area contributed by atoms with Gasteiger partial charge in [0, 0.05) is 0 Å². The second kappa shape index (κ2) is 6.74. The van der Waals surface area contributed by atoms with Crippen molar-refractivity contribution in [3.8, 4) is 0 Å². The lowest BCUT2D eigenvalue weighted by atomic mass is 9.96. The maximum atomic E-state index is 12.3. The molecule has 1 aliphatic rings. The van der Waals surface area contributed by atoms with Gasteiger partial charge in [0.25, 0.3) is 5.91 Å². The second-order valence-corrected chi connectivity index (χ2v) is 4.62. The molecular weight excluding hydrogens is 214 g/mol. The zero-order chi connectivity index (χ0) is 12.8. The van der Waals surface area contributed by atoms with Gasteiger partial charge < -0.3 is 5.73 Å². The molecule has 4 nitrogen and oxygen atoms in total. The molecule has 0 saturated carbocycles. The smallest absolute Gasteiger partial charge is 0.251 e. The highest BCUT2D eigenvalue weighted by atomic mass is 16.2. The van der Waals surface area contributed by atoms with Gasteiger partial charge in [-0.25, -0.2) is 5.01 Å². The predicted octanol–water partition coefficient (Wildman–Crippen LogP) is 2.14. The third kappa shape index (κ3) is 3.06. The number of hydrogen-bond acceptors (Lipinski definition) is 3. The van der Waals surface area contributed by atoms with Crippen molar-refractivity contribution in [2.45, 2.75) is 58.9 Å². The Labute approximate surface area is 104 Å². The van der Waals surface area contributed by atoms with Crippen molar-refractivity contribution in [1.82, 2.24) is 5.01 Å². The third-order valence-corrected chi connectivity index (χ3v) is 3.41. The number of hydrogen-bond donors (Lipinski definition) is 1. The van der Waals surface area contributed by atoms with E-state index < -0.39 is 0 Å². The van der Waals surface area contributed by atoms with E-state index in [0.29, 0.717) is 6.54 Å². The molecule has 98 valence electrons. The first-order chi connectivity index (χ1) is 8.19. The second-order valence-electron chi connectivity index (χ2n) is 4.62. The number of carbonyl (C=O) groups is 1. The highest BCUT2D eigenvalue weighted by Crippen LogP contribution is 2.25. The largest absolute Gasteiger partial charge is 0.330 e. The van der Waals surface area contributed by atoms with Crippen LogP contribution in [0.25, 0.3) is 0 Å². The van der Waals surface area contributed by atoms with E-state index in [9.17, 15) is 4.79 Å². The van der Waals surface area contributed by atoms with Crippen molar-refractivity contribution in [1.29, 1.82) is 0 Å². The number of hydrazone groups is 1. The summed E-state index contributed by atoms with van der Waals surface area (Å²) < 4.78 is 0. The number of nitrogens with zero attached hydrogens (tertiary/aromatic N) is 2. The average Bonchev–Trinajstić information content (AvgIpc) is 2.61. The molecule has 17 heavy (non-hydrogen) atoms. The van der Waals surface area contributed by atoms with Crippen LogP contribution >= 0.6 is 0 Å². The minimum Gasteiger partial charge on any atom is -0.330 e. The summed E-state index contributed by atoms with van der Waals surface area (Å²) in [6.07, 6.45) is 4.59. The lowest BCUT2D eigenvalue weighted by Crippen LogP contribution is -2.36. The van der Waals surface area contributed by atoms with Crippen LogP contribution in [0.2, 0.25) is 0 Å². The Kier molecular flexibility index (Phi) is 5.62. The van der Waals surface area contributed by atoms with Gasteiger partial charge in [-0.05, 0) is 32.2 Å². The summed E-state index contributed by atoms with van der Waals surface area (Å²) in [6, 6.07) is 0.247. The molecular formula is C13H25N3O. The zero-order valence-corrected chi connectivity index (χ0v) is 11.3. The molecule has 1 atom stereocenters. The van der Waals surface area contributed by atoms with Crippen LogP contribution in [-0.2, 0) is 4.79 Å². The Bertz CT molecular complexity index is 284. The summed E-state index contributed by atoms with van der Waals surface area (Å²) >= 11 is 0. The SMILES string of the molecule is CCCC1=NN(C(CC)CC)C(=O)C1CCN. The molecule has 0 aromatic heterocycles. The molecule has 0 radical (unpaired) electrons. The Morgan fingerprint density at radius 2 is 2.00 bits per heavy atom. The van der Waals surface area contributed by atoms with Gasteiger partial charge in [-0.15, -0.1) is 0 Å². The van der Waals surface area contributed by atoms with Gasteiger partial charge in [-0.3, -0.25) is 4.79 Å². The molecule has 1 rings (SSSR count). The van der Waals surface area contributed by atoms with Gasteiger partial charge in [-0.1, -0.05) is 27.2 Å². The van der Waals surface area contributed by atoms with Gasteiger partial charge in [0.2, 0.25) is 0 Å². The van der Waals surface area contributed by atoms with Crippen molar-refractivity contribution >= 4 is 11.6 Å². The van der Waals surface area contributed by atoms with Crippen LogP contribution < -0.4 is 5.73 Å². The summed E-state index contributed by atoms with van der Waals surface area (Å²) in [5, 5.41) is 6.26. The van der Waals surface area contributed by atoms with Crippen molar-refractivity contribution in [2.75, 3.05) is 6.54 Å². The van der Waals surface area contributed by atoms with Crippen LogP contribution in [-0.4, -0.2) is 29.2 Å². The van der Waals surface area contributed by atoms with E-state index in [2.05, 4.69) is 25.9 Å². The highest BCUT2D eigenvalue weighted by molar-refractivity contribution is 6.08. The number of rotatable bonds is 7. The lowest BCUT2D eigenvalue weighted by Gasteiger charge is -2.22. The van der Waals surface area contributed by atoms with Crippen LogP contribution in [0.15, 0.2) is 5.10 Å². The third-order valence-electron chi connectivity index (χ3n) is 3.41. The average molecular weight is 239 g/mol. The van der Waals surface area contributed by atoms with Crippen molar-refractivity contribution in [2.24, 2.45) is 16.8 Å². The lowest BCUT2D eigenvalue weighted by molar-refractivity contribution is -0.134. The molecule has 4 heteroatoms. The Morgan fingerprint density at radius 3 is 2.47 bits per heavy atom. The molecule has 1 aliphatic heterocycles. The maximum absolute atomic E-state index is 12.3. The van der Waals surface area contributed by atoms with Gasteiger partial charge >= 0.3 is 0 Å². The number of amides is 1. The minimum absolute atomic E-state index is 0.0550. The highest BCUT2D eigenvalue weighted by Gasteiger charge is 2.36. The first-order valence-corrected chi connectivity index (χ1v) is 6.79. The molecule has 0 aromatic rings. The standard InChI is InChI=1S/C13H25N3O/c1-4-7-12-11(8-9-14)13(17)16(15-12)10(5-2)6-3/h10-11H,4-9,14H2,1-3H3. The van der Waals surface area contributed by atoms with E-state index in [1.165, 1.54) is 0 Å². The van der Waals surface area contributed by atoms with Gasteiger partial charge in [0.15, 0.2) is 0 Å². The number of carbonyl (C=O) groups excluding carboxylic acids is 1. The predicted molar refractivity (Wildman–Crippen MR) is 70.7 cm³/mol. The molecule has 2 N–H and O–H groups in total. The Morgan fingerprint density at radius 1 is 1.35 bits per heavy atom. The van der Waals surface area contributed by atoms with Crippen molar-refractivity contribution < 1.29 is 4.79 Å². The molecule has 0 saturated heterocycles. The van der Waals surface area contributed by atoms with E-state index in [1.807, 2.05) is 0 Å². The molecule has 1 unspecified atom stereocenters. The fourth-order valence-corrected chi connectivity index (χ4v) is 2.39. The van der Waals surface area contributed by atoms with Crippen LogP contribution in [0, 0.1) is 5.92 Å². The van der Waals surface area contributed by atoms with E-state index in [4.69, 9.17) is 5.73 Å². The summed E-state index contributed by atoms with van der Waals surface area (Å²) in [5.74, 6) is 0.105. The molecule has 0 fully saturated rings.